The molecule has 5 aromatic rings. The van der Waals surface area contributed by atoms with Crippen molar-refractivity contribution in [1.29, 1.82) is 0 Å². The summed E-state index contributed by atoms with van der Waals surface area (Å²) in [5.74, 6) is -0.0924. The number of benzene rings is 4. The lowest BCUT2D eigenvalue weighted by Crippen LogP contribution is -2.14. The molecule has 1 N–H and O–H groups in total. The summed E-state index contributed by atoms with van der Waals surface area (Å²) in [6.45, 7) is 5.24. The van der Waals surface area contributed by atoms with Crippen LogP contribution in [0.4, 0.5) is 5.69 Å². The SMILES string of the molecule is Cc1oc2c(cc(NS(=O)(=O)c3ccc4ccccc4c3)c3ccccc32)c1C(=O)OC(C)C. The second kappa shape index (κ2) is 8.18. The molecule has 1 aromatic heterocycles. The van der Waals surface area contributed by atoms with Crippen molar-refractivity contribution < 1.29 is 22.4 Å². The predicted octanol–water partition coefficient (Wildman–Crippen LogP) is 6.41. The molecule has 172 valence electrons. The summed E-state index contributed by atoms with van der Waals surface area (Å²) in [7, 11) is -3.91. The molecule has 0 bridgehead atoms. The van der Waals surface area contributed by atoms with Gasteiger partial charge in [-0.1, -0.05) is 54.6 Å². The molecule has 0 aliphatic heterocycles. The zero-order valence-electron chi connectivity index (χ0n) is 19.0. The minimum atomic E-state index is -3.91. The Kier molecular flexibility index (Phi) is 5.29. The summed E-state index contributed by atoms with van der Waals surface area (Å²) in [6.07, 6.45) is -0.303. The molecule has 0 saturated carbocycles. The number of esters is 1. The van der Waals surface area contributed by atoms with Crippen molar-refractivity contribution >= 4 is 54.2 Å². The summed E-state index contributed by atoms with van der Waals surface area (Å²) < 4.78 is 40.8. The molecule has 7 heteroatoms. The Morgan fingerprint density at radius 1 is 0.882 bits per heavy atom. The number of carbonyl (C=O) groups excluding carboxylic acids is 1. The zero-order valence-corrected chi connectivity index (χ0v) is 19.8. The summed E-state index contributed by atoms with van der Waals surface area (Å²) >= 11 is 0. The number of furan rings is 1. The van der Waals surface area contributed by atoms with E-state index in [1.165, 1.54) is 0 Å². The van der Waals surface area contributed by atoms with Crippen LogP contribution in [-0.4, -0.2) is 20.5 Å². The quantitative estimate of drug-likeness (QED) is 0.298. The van der Waals surface area contributed by atoms with Crippen LogP contribution < -0.4 is 4.72 Å². The number of anilines is 1. The largest absolute Gasteiger partial charge is 0.460 e. The fourth-order valence-corrected chi connectivity index (χ4v) is 5.29. The van der Waals surface area contributed by atoms with Gasteiger partial charge in [-0.15, -0.1) is 0 Å². The Hall–Kier alpha value is -3.84. The smallest absolute Gasteiger partial charge is 0.342 e. The Balaban J connectivity index is 1.68. The van der Waals surface area contributed by atoms with Crippen molar-refractivity contribution in [1.82, 2.24) is 0 Å². The van der Waals surface area contributed by atoms with E-state index in [-0.39, 0.29) is 11.0 Å². The van der Waals surface area contributed by atoms with Gasteiger partial charge >= 0.3 is 5.97 Å². The predicted molar refractivity (Wildman–Crippen MR) is 134 cm³/mol. The van der Waals surface area contributed by atoms with E-state index in [4.69, 9.17) is 9.15 Å². The third kappa shape index (κ3) is 3.78. The maximum absolute atomic E-state index is 13.4. The number of fused-ring (bicyclic) bond motifs is 4. The third-order valence-electron chi connectivity index (χ3n) is 5.69. The highest BCUT2D eigenvalue weighted by atomic mass is 32.2. The molecule has 0 fully saturated rings. The number of nitrogens with one attached hydrogen (secondary N) is 1. The van der Waals surface area contributed by atoms with E-state index >= 15 is 0 Å². The van der Waals surface area contributed by atoms with Crippen LogP contribution in [0.1, 0.15) is 30.0 Å². The molecule has 0 radical (unpaired) electrons. The van der Waals surface area contributed by atoms with Crippen molar-refractivity contribution in [2.45, 2.75) is 31.8 Å². The van der Waals surface area contributed by atoms with E-state index in [1.807, 2.05) is 48.5 Å². The van der Waals surface area contributed by atoms with Crippen LogP contribution in [0, 0.1) is 6.92 Å². The van der Waals surface area contributed by atoms with Gasteiger partial charge in [-0.25, -0.2) is 13.2 Å². The van der Waals surface area contributed by atoms with Gasteiger partial charge in [0.25, 0.3) is 10.0 Å². The first-order chi connectivity index (χ1) is 16.2. The first kappa shape index (κ1) is 22.0. The maximum atomic E-state index is 13.4. The third-order valence-corrected chi connectivity index (χ3v) is 7.06. The Morgan fingerprint density at radius 2 is 1.56 bits per heavy atom. The van der Waals surface area contributed by atoms with Crippen molar-refractivity contribution in [2.24, 2.45) is 0 Å². The highest BCUT2D eigenvalue weighted by molar-refractivity contribution is 7.92. The minimum absolute atomic E-state index is 0.151. The van der Waals surface area contributed by atoms with Gasteiger partial charge in [-0.3, -0.25) is 4.72 Å². The number of sulfonamides is 1. The molecule has 0 aliphatic rings. The lowest BCUT2D eigenvalue weighted by atomic mass is 10.0. The van der Waals surface area contributed by atoms with Gasteiger partial charge in [0.1, 0.15) is 16.9 Å². The summed E-state index contributed by atoms with van der Waals surface area (Å²) in [6, 6.07) is 21.6. The Labute approximate surface area is 197 Å². The summed E-state index contributed by atoms with van der Waals surface area (Å²) in [5.41, 5.74) is 1.16. The molecular weight excluding hydrogens is 450 g/mol. The van der Waals surface area contributed by atoms with Gasteiger partial charge in [0.2, 0.25) is 0 Å². The average Bonchev–Trinajstić information content (AvgIpc) is 3.14. The topological polar surface area (TPSA) is 85.6 Å². The lowest BCUT2D eigenvalue weighted by Gasteiger charge is -2.13. The van der Waals surface area contributed by atoms with Gasteiger partial charge in [0.05, 0.1) is 16.7 Å². The molecule has 0 saturated heterocycles. The average molecular weight is 474 g/mol. The Bertz CT molecular complexity index is 1680. The molecule has 34 heavy (non-hydrogen) atoms. The maximum Gasteiger partial charge on any atom is 0.342 e. The normalized spacial score (nSPS) is 12.0. The molecule has 5 rings (SSSR count). The highest BCUT2D eigenvalue weighted by Crippen LogP contribution is 2.38. The van der Waals surface area contributed by atoms with Gasteiger partial charge in [-0.05, 0) is 49.7 Å². The second-order valence-electron chi connectivity index (χ2n) is 8.45. The number of carbonyl (C=O) groups is 1. The fourth-order valence-electron chi connectivity index (χ4n) is 4.19. The van der Waals surface area contributed by atoms with E-state index in [1.54, 1.807) is 45.0 Å². The monoisotopic (exact) mass is 473 g/mol. The van der Waals surface area contributed by atoms with Gasteiger partial charge in [0.15, 0.2) is 0 Å². The molecule has 0 aliphatic carbocycles. The van der Waals surface area contributed by atoms with Crippen LogP contribution in [0.25, 0.3) is 32.5 Å². The van der Waals surface area contributed by atoms with Gasteiger partial charge in [0, 0.05) is 16.2 Å². The number of hydrogen-bond acceptors (Lipinski definition) is 5. The van der Waals surface area contributed by atoms with E-state index in [9.17, 15) is 13.2 Å². The van der Waals surface area contributed by atoms with E-state index in [2.05, 4.69) is 4.72 Å². The second-order valence-corrected chi connectivity index (χ2v) is 10.1. The standard InChI is InChI=1S/C27H23NO5S/c1-16(2)32-27(29)25-17(3)33-26-22-11-7-6-10-21(22)24(15-23(25)26)28-34(30,31)20-13-12-18-8-4-5-9-19(18)14-20/h4-16,28H,1-3H3. The van der Waals surface area contributed by atoms with E-state index in [0.717, 1.165) is 10.8 Å². The van der Waals surface area contributed by atoms with Gasteiger partial charge < -0.3 is 9.15 Å². The number of rotatable bonds is 5. The van der Waals surface area contributed by atoms with Crippen LogP contribution in [0.3, 0.4) is 0 Å². The first-order valence-electron chi connectivity index (χ1n) is 10.9. The van der Waals surface area contributed by atoms with Crippen LogP contribution in [0.15, 0.2) is 82.1 Å². The van der Waals surface area contributed by atoms with Crippen molar-refractivity contribution in [3.63, 3.8) is 0 Å². The molecule has 0 spiro atoms. The molecule has 0 amide bonds. The van der Waals surface area contributed by atoms with Crippen molar-refractivity contribution in [3.05, 3.63) is 84.1 Å². The van der Waals surface area contributed by atoms with Crippen LogP contribution in [0.2, 0.25) is 0 Å². The van der Waals surface area contributed by atoms with Crippen molar-refractivity contribution in [2.75, 3.05) is 4.72 Å². The van der Waals surface area contributed by atoms with E-state index in [0.29, 0.717) is 38.8 Å². The number of aryl methyl sites for hydroxylation is 1. The lowest BCUT2D eigenvalue weighted by molar-refractivity contribution is 0.0378. The fraction of sp³-hybridized carbons (Fsp3) is 0.148. The van der Waals surface area contributed by atoms with Crippen LogP contribution >= 0.6 is 0 Å². The molecule has 1 heterocycles. The van der Waals surface area contributed by atoms with Crippen LogP contribution in [0.5, 0.6) is 0 Å². The minimum Gasteiger partial charge on any atom is -0.460 e. The summed E-state index contributed by atoms with van der Waals surface area (Å²) in [4.78, 5) is 13.0. The number of hydrogen-bond donors (Lipinski definition) is 1. The Morgan fingerprint density at radius 3 is 2.29 bits per heavy atom. The summed E-state index contributed by atoms with van der Waals surface area (Å²) in [5, 5.41) is 3.64. The van der Waals surface area contributed by atoms with Gasteiger partial charge in [-0.2, -0.15) is 0 Å². The number of ether oxygens (including phenoxy) is 1. The highest BCUT2D eigenvalue weighted by Gasteiger charge is 2.24. The molecule has 0 unspecified atom stereocenters. The molecule has 4 aromatic carbocycles. The molecule has 6 nitrogen and oxygen atoms in total. The molecular formula is C27H23NO5S. The van der Waals surface area contributed by atoms with Crippen molar-refractivity contribution in [3.8, 4) is 0 Å². The first-order valence-corrected chi connectivity index (χ1v) is 12.4. The zero-order chi connectivity index (χ0) is 24.0. The van der Waals surface area contributed by atoms with Crippen LogP contribution in [-0.2, 0) is 14.8 Å². The van der Waals surface area contributed by atoms with E-state index < -0.39 is 16.0 Å². The molecule has 0 atom stereocenters.